The number of hydrogen-bond donors (Lipinski definition) is 3. The molecule has 37 heavy (non-hydrogen) atoms. The quantitative estimate of drug-likeness (QED) is 0.226. The van der Waals surface area contributed by atoms with E-state index in [9.17, 15) is 19.4 Å². The summed E-state index contributed by atoms with van der Waals surface area (Å²) in [7, 11) is 0. The predicted molar refractivity (Wildman–Crippen MR) is 147 cm³/mol. The molecule has 2 unspecified atom stereocenters. The molecule has 2 heterocycles. The maximum atomic E-state index is 13.9. The summed E-state index contributed by atoms with van der Waals surface area (Å²) in [5, 5.41) is 30.4. The number of aliphatic carboxylic acids is 1. The molecule has 0 radical (unpaired) electrons. The van der Waals surface area contributed by atoms with Crippen LogP contribution in [0.4, 0.5) is 4.39 Å². The summed E-state index contributed by atoms with van der Waals surface area (Å²) in [6, 6.07) is 16.4. The number of aliphatic hydroxyl groups excluding tert-OH is 2. The van der Waals surface area contributed by atoms with Crippen LogP contribution in [0.5, 0.6) is 0 Å². The first-order valence-corrected chi connectivity index (χ1v) is 13.0. The van der Waals surface area contributed by atoms with Crippen molar-refractivity contribution in [3.8, 4) is 22.3 Å². The Morgan fingerprint density at radius 3 is 2.30 bits per heavy atom. The monoisotopic (exact) mass is 519 g/mol. The first-order valence-electron chi connectivity index (χ1n) is 12.2. The number of aryl methyl sites for hydroxylation is 1. The van der Waals surface area contributed by atoms with Crippen molar-refractivity contribution in [3.05, 3.63) is 82.6 Å². The SMILES string of the molecule is Cc1sc2nc(C(C)C)c(C=CC(O)CC(O)CC(=O)O)c(-c3ccc(F)cc3)c2c1-c1ccccc1. The summed E-state index contributed by atoms with van der Waals surface area (Å²) < 4.78 is 13.9. The van der Waals surface area contributed by atoms with E-state index in [1.165, 1.54) is 12.1 Å². The Balaban J connectivity index is 1.97. The summed E-state index contributed by atoms with van der Waals surface area (Å²) in [4.78, 5) is 17.9. The van der Waals surface area contributed by atoms with Crippen LogP contribution >= 0.6 is 11.3 Å². The summed E-state index contributed by atoms with van der Waals surface area (Å²) in [6.07, 6.45) is 0.598. The summed E-state index contributed by atoms with van der Waals surface area (Å²) in [5.74, 6) is -1.40. The number of halogens is 1. The predicted octanol–water partition coefficient (Wildman–Crippen LogP) is 6.80. The number of carboxylic acid groups (broad SMARTS) is 1. The molecule has 0 aliphatic carbocycles. The van der Waals surface area contributed by atoms with Gasteiger partial charge in [-0.2, -0.15) is 0 Å². The molecular weight excluding hydrogens is 489 g/mol. The van der Waals surface area contributed by atoms with Crippen molar-refractivity contribution < 1.29 is 24.5 Å². The number of fused-ring (bicyclic) bond motifs is 1. The highest BCUT2D eigenvalue weighted by Gasteiger charge is 2.23. The van der Waals surface area contributed by atoms with Gasteiger partial charge in [-0.3, -0.25) is 4.79 Å². The lowest BCUT2D eigenvalue weighted by atomic mass is 9.89. The number of aliphatic hydroxyl groups is 2. The Bertz CT molecular complexity index is 1430. The Hall–Kier alpha value is -3.39. The highest BCUT2D eigenvalue weighted by atomic mass is 32.1. The molecule has 2 aromatic carbocycles. The van der Waals surface area contributed by atoms with Gasteiger partial charge in [-0.15, -0.1) is 11.3 Å². The Labute approximate surface area is 219 Å². The van der Waals surface area contributed by atoms with Gasteiger partial charge in [-0.05, 0) is 36.1 Å². The van der Waals surface area contributed by atoms with Crippen molar-refractivity contribution in [2.45, 2.75) is 51.7 Å². The lowest BCUT2D eigenvalue weighted by molar-refractivity contribution is -0.139. The molecule has 0 spiro atoms. The van der Waals surface area contributed by atoms with Crippen LogP contribution in [0.3, 0.4) is 0 Å². The van der Waals surface area contributed by atoms with Gasteiger partial charge in [0.2, 0.25) is 0 Å². The maximum Gasteiger partial charge on any atom is 0.305 e. The highest BCUT2D eigenvalue weighted by Crippen LogP contribution is 2.46. The van der Waals surface area contributed by atoms with Gasteiger partial charge in [-0.1, -0.05) is 68.5 Å². The largest absolute Gasteiger partial charge is 0.481 e. The third-order valence-corrected chi connectivity index (χ3v) is 7.23. The lowest BCUT2D eigenvalue weighted by Gasteiger charge is -2.18. The van der Waals surface area contributed by atoms with Gasteiger partial charge in [0.25, 0.3) is 0 Å². The van der Waals surface area contributed by atoms with E-state index >= 15 is 0 Å². The maximum absolute atomic E-state index is 13.9. The van der Waals surface area contributed by atoms with E-state index in [2.05, 4.69) is 19.1 Å². The standard InChI is InChI=1S/C30H30FNO4S/c1-17(2)29-24(14-13-22(33)15-23(34)16-25(35)36)27(20-9-11-21(31)12-10-20)28-26(18(3)37-30(28)32-29)19-7-5-4-6-8-19/h4-14,17,22-23,33-34H,15-16H2,1-3H3,(H,35,36). The molecule has 5 nitrogen and oxygen atoms in total. The number of thiophene rings is 1. The van der Waals surface area contributed by atoms with E-state index in [-0.39, 0.29) is 18.2 Å². The molecule has 0 amide bonds. The average molecular weight is 520 g/mol. The molecule has 7 heteroatoms. The fourth-order valence-electron chi connectivity index (χ4n) is 4.60. The molecule has 0 saturated carbocycles. The van der Waals surface area contributed by atoms with Crippen molar-refractivity contribution in [3.63, 3.8) is 0 Å². The molecule has 2 aromatic heterocycles. The van der Waals surface area contributed by atoms with E-state index < -0.39 is 24.6 Å². The number of rotatable bonds is 9. The molecule has 4 aromatic rings. The summed E-state index contributed by atoms with van der Waals surface area (Å²) >= 11 is 1.62. The summed E-state index contributed by atoms with van der Waals surface area (Å²) in [6.45, 7) is 6.17. The van der Waals surface area contributed by atoms with Gasteiger partial charge in [0.05, 0.1) is 24.3 Å². The smallest absolute Gasteiger partial charge is 0.305 e. The van der Waals surface area contributed by atoms with Gasteiger partial charge < -0.3 is 15.3 Å². The fraction of sp³-hybridized carbons (Fsp3) is 0.267. The second kappa shape index (κ2) is 11.3. The number of nitrogens with zero attached hydrogens (tertiary/aromatic N) is 1. The molecule has 0 aliphatic heterocycles. The summed E-state index contributed by atoms with van der Waals surface area (Å²) in [5.41, 5.74) is 5.48. The number of carbonyl (C=O) groups is 1. The Morgan fingerprint density at radius 2 is 1.68 bits per heavy atom. The van der Waals surface area contributed by atoms with E-state index in [0.717, 1.165) is 48.6 Å². The van der Waals surface area contributed by atoms with E-state index in [0.29, 0.717) is 0 Å². The van der Waals surface area contributed by atoms with Crippen LogP contribution in [0.15, 0.2) is 60.7 Å². The molecule has 4 rings (SSSR count). The minimum Gasteiger partial charge on any atom is -0.481 e. The van der Waals surface area contributed by atoms with Crippen molar-refractivity contribution in [2.75, 3.05) is 0 Å². The van der Waals surface area contributed by atoms with Gasteiger partial charge in [0.15, 0.2) is 0 Å². The van der Waals surface area contributed by atoms with Crippen LogP contribution in [-0.2, 0) is 4.79 Å². The molecule has 0 saturated heterocycles. The molecule has 0 bridgehead atoms. The van der Waals surface area contributed by atoms with Crippen molar-refractivity contribution in [1.29, 1.82) is 0 Å². The number of benzene rings is 2. The minimum atomic E-state index is -1.16. The third-order valence-electron chi connectivity index (χ3n) is 6.23. The molecule has 3 N–H and O–H groups in total. The van der Waals surface area contributed by atoms with Gasteiger partial charge in [0, 0.05) is 33.4 Å². The molecule has 2 atom stereocenters. The number of hydrogen-bond acceptors (Lipinski definition) is 5. The first-order chi connectivity index (χ1) is 17.7. The van der Waals surface area contributed by atoms with Crippen molar-refractivity contribution >= 4 is 33.6 Å². The molecule has 0 fully saturated rings. The average Bonchev–Trinajstić information content (AvgIpc) is 3.17. The molecule has 0 aliphatic rings. The Morgan fingerprint density at radius 1 is 1.03 bits per heavy atom. The van der Waals surface area contributed by atoms with Crippen LogP contribution in [-0.4, -0.2) is 38.5 Å². The zero-order valence-electron chi connectivity index (χ0n) is 21.0. The lowest BCUT2D eigenvalue weighted by Crippen LogP contribution is -2.19. The third kappa shape index (κ3) is 5.96. The van der Waals surface area contributed by atoms with Crippen molar-refractivity contribution in [1.82, 2.24) is 4.98 Å². The van der Waals surface area contributed by atoms with Crippen LogP contribution in [0.2, 0.25) is 0 Å². The first kappa shape index (κ1) is 26.7. The normalized spacial score (nSPS) is 13.5. The van der Waals surface area contributed by atoms with E-state index in [1.807, 2.05) is 32.0 Å². The second-order valence-corrected chi connectivity index (χ2v) is 10.6. The fourth-order valence-corrected chi connectivity index (χ4v) is 5.66. The Kier molecular flexibility index (Phi) is 8.17. The van der Waals surface area contributed by atoms with Gasteiger partial charge >= 0.3 is 5.97 Å². The number of pyridine rings is 1. The van der Waals surface area contributed by atoms with E-state index in [1.54, 1.807) is 35.6 Å². The zero-order chi connectivity index (χ0) is 26.7. The molecular formula is C30H30FNO4S. The van der Waals surface area contributed by atoms with Crippen molar-refractivity contribution in [2.24, 2.45) is 0 Å². The zero-order valence-corrected chi connectivity index (χ0v) is 21.8. The van der Waals surface area contributed by atoms with Gasteiger partial charge in [-0.25, -0.2) is 9.37 Å². The highest BCUT2D eigenvalue weighted by molar-refractivity contribution is 7.19. The number of aromatic nitrogens is 1. The van der Waals surface area contributed by atoms with Gasteiger partial charge in [0.1, 0.15) is 10.6 Å². The van der Waals surface area contributed by atoms with Crippen LogP contribution in [0.1, 0.15) is 48.7 Å². The topological polar surface area (TPSA) is 90.7 Å². The van der Waals surface area contributed by atoms with Crippen LogP contribution in [0, 0.1) is 12.7 Å². The molecule has 192 valence electrons. The second-order valence-electron chi connectivity index (χ2n) is 9.44. The van der Waals surface area contributed by atoms with Crippen LogP contribution < -0.4 is 0 Å². The number of carboxylic acids is 1. The van der Waals surface area contributed by atoms with Crippen LogP contribution in [0.25, 0.3) is 38.5 Å². The minimum absolute atomic E-state index is 0.0561. The van der Waals surface area contributed by atoms with E-state index in [4.69, 9.17) is 10.1 Å².